The molecular weight excluding hydrogens is 333 g/mol. The van der Waals surface area contributed by atoms with Gasteiger partial charge in [0, 0.05) is 0 Å². The summed E-state index contributed by atoms with van der Waals surface area (Å²) in [5.41, 5.74) is 2.14. The van der Waals surface area contributed by atoms with E-state index in [1.54, 1.807) is 6.07 Å². The van der Waals surface area contributed by atoms with Gasteiger partial charge in [0.15, 0.2) is 6.23 Å². The topological polar surface area (TPSA) is 41.9 Å². The smallest absolute Gasteiger partial charge is 0.228 e. The van der Waals surface area contributed by atoms with Crippen LogP contribution in [0.2, 0.25) is 0 Å². The van der Waals surface area contributed by atoms with Gasteiger partial charge in [-0.1, -0.05) is 37.3 Å². The van der Waals surface area contributed by atoms with Gasteiger partial charge in [-0.3, -0.25) is 4.90 Å². The number of halogens is 1. The predicted molar refractivity (Wildman–Crippen MR) is 101 cm³/mol. The molecule has 0 heterocycles. The fraction of sp³-hybridized carbons (Fsp3) is 0.429. The second-order valence-electron chi connectivity index (χ2n) is 6.46. The van der Waals surface area contributed by atoms with Gasteiger partial charge in [-0.25, -0.2) is 4.39 Å². The van der Waals surface area contributed by atoms with Crippen LogP contribution in [0.1, 0.15) is 24.5 Å². The second kappa shape index (κ2) is 10.1. The molecule has 0 aliphatic heterocycles. The number of benzene rings is 2. The van der Waals surface area contributed by atoms with E-state index in [9.17, 15) is 9.50 Å². The van der Waals surface area contributed by atoms with Gasteiger partial charge < -0.3 is 14.6 Å². The van der Waals surface area contributed by atoms with Crippen LogP contribution < -0.4 is 9.47 Å². The summed E-state index contributed by atoms with van der Waals surface area (Å²) in [6, 6.07) is 15.3. The fourth-order valence-corrected chi connectivity index (χ4v) is 2.82. The SMILES string of the molecule is CCC(O)C(Oc1ccccc1CCc1cccc(OCF)c1)N(C)C. The van der Waals surface area contributed by atoms with E-state index in [0.717, 1.165) is 29.7 Å². The number of rotatable bonds is 10. The van der Waals surface area contributed by atoms with Crippen molar-refractivity contribution in [2.75, 3.05) is 21.0 Å². The Kier molecular flexibility index (Phi) is 7.88. The highest BCUT2D eigenvalue weighted by atomic mass is 19.1. The summed E-state index contributed by atoms with van der Waals surface area (Å²) >= 11 is 0. The third kappa shape index (κ3) is 5.71. The average molecular weight is 361 g/mol. The van der Waals surface area contributed by atoms with Crippen molar-refractivity contribution in [2.24, 2.45) is 0 Å². The summed E-state index contributed by atoms with van der Waals surface area (Å²) in [5, 5.41) is 10.2. The van der Waals surface area contributed by atoms with Gasteiger partial charge in [0.2, 0.25) is 6.86 Å². The highest BCUT2D eigenvalue weighted by Gasteiger charge is 2.22. The van der Waals surface area contributed by atoms with Crippen LogP contribution in [0, 0.1) is 0 Å². The summed E-state index contributed by atoms with van der Waals surface area (Å²) in [7, 11) is 3.78. The van der Waals surface area contributed by atoms with Crippen LogP contribution in [0.3, 0.4) is 0 Å². The molecule has 0 aromatic heterocycles. The van der Waals surface area contributed by atoms with Crippen molar-refractivity contribution < 1.29 is 19.0 Å². The lowest BCUT2D eigenvalue weighted by atomic mass is 10.0. The third-order valence-electron chi connectivity index (χ3n) is 4.28. The Hall–Kier alpha value is -2.11. The number of hydrogen-bond donors (Lipinski definition) is 1. The van der Waals surface area contributed by atoms with E-state index in [4.69, 9.17) is 9.47 Å². The van der Waals surface area contributed by atoms with Crippen molar-refractivity contribution in [3.63, 3.8) is 0 Å². The van der Waals surface area contributed by atoms with E-state index in [-0.39, 0.29) is 0 Å². The van der Waals surface area contributed by atoms with Gasteiger partial charge in [-0.05, 0) is 62.7 Å². The Morgan fingerprint density at radius 1 is 1.08 bits per heavy atom. The largest absolute Gasteiger partial charge is 0.472 e. The molecule has 0 aliphatic rings. The Bertz CT molecular complexity index is 678. The van der Waals surface area contributed by atoms with E-state index in [2.05, 4.69) is 0 Å². The quantitative estimate of drug-likeness (QED) is 0.654. The molecule has 2 aromatic carbocycles. The zero-order valence-electron chi connectivity index (χ0n) is 15.7. The van der Waals surface area contributed by atoms with Crippen LogP contribution >= 0.6 is 0 Å². The van der Waals surface area contributed by atoms with Crippen molar-refractivity contribution in [1.82, 2.24) is 4.90 Å². The standard InChI is InChI=1S/C21H28FNO3/c1-4-19(24)21(23(2)3)26-20-11-6-5-9-17(20)13-12-16-8-7-10-18(14-16)25-15-22/h5-11,14,19,21,24H,4,12-13,15H2,1-3H3. The fourth-order valence-electron chi connectivity index (χ4n) is 2.82. The lowest BCUT2D eigenvalue weighted by Gasteiger charge is -2.29. The molecule has 2 rings (SSSR count). The number of aryl methyl sites for hydroxylation is 2. The summed E-state index contributed by atoms with van der Waals surface area (Å²) in [6.07, 6.45) is 1.21. The van der Waals surface area contributed by atoms with Gasteiger partial charge in [0.1, 0.15) is 17.6 Å². The number of aliphatic hydroxyl groups is 1. The van der Waals surface area contributed by atoms with Crippen molar-refractivity contribution in [1.29, 1.82) is 0 Å². The molecule has 0 bridgehead atoms. The number of nitrogens with zero attached hydrogens (tertiary/aromatic N) is 1. The summed E-state index contributed by atoms with van der Waals surface area (Å²) < 4.78 is 23.4. The summed E-state index contributed by atoms with van der Waals surface area (Å²) in [6.45, 7) is 1.11. The number of aliphatic hydroxyl groups excluding tert-OH is 1. The lowest BCUT2D eigenvalue weighted by Crippen LogP contribution is -2.43. The molecule has 0 fully saturated rings. The maximum atomic E-state index is 12.3. The summed E-state index contributed by atoms with van der Waals surface area (Å²) in [5.74, 6) is 1.31. The normalized spacial score (nSPS) is 13.5. The molecule has 4 nitrogen and oxygen atoms in total. The number of para-hydroxylation sites is 1. The molecule has 0 spiro atoms. The molecule has 1 N–H and O–H groups in total. The van der Waals surface area contributed by atoms with Gasteiger partial charge in [-0.2, -0.15) is 0 Å². The van der Waals surface area contributed by atoms with Crippen LogP contribution in [0.4, 0.5) is 4.39 Å². The molecule has 142 valence electrons. The molecule has 0 aliphatic carbocycles. The second-order valence-corrected chi connectivity index (χ2v) is 6.46. The zero-order chi connectivity index (χ0) is 18.9. The first-order chi connectivity index (χ1) is 12.5. The van der Waals surface area contributed by atoms with Gasteiger partial charge in [0.25, 0.3) is 0 Å². The number of hydrogen-bond acceptors (Lipinski definition) is 4. The Balaban J connectivity index is 2.10. The molecule has 26 heavy (non-hydrogen) atoms. The Morgan fingerprint density at radius 2 is 1.85 bits per heavy atom. The Morgan fingerprint density at radius 3 is 2.54 bits per heavy atom. The minimum Gasteiger partial charge on any atom is -0.472 e. The lowest BCUT2D eigenvalue weighted by molar-refractivity contribution is -0.0455. The van der Waals surface area contributed by atoms with Crippen LogP contribution in [-0.2, 0) is 12.8 Å². The maximum Gasteiger partial charge on any atom is 0.228 e. The first-order valence-electron chi connectivity index (χ1n) is 8.92. The van der Waals surface area contributed by atoms with Crippen molar-refractivity contribution >= 4 is 0 Å². The van der Waals surface area contributed by atoms with Crippen LogP contribution in [0.5, 0.6) is 11.5 Å². The molecule has 0 saturated heterocycles. The van der Waals surface area contributed by atoms with Gasteiger partial charge in [-0.15, -0.1) is 0 Å². The number of ether oxygens (including phenoxy) is 2. The number of likely N-dealkylation sites (N-methyl/N-ethyl adjacent to an activating group) is 1. The zero-order valence-corrected chi connectivity index (χ0v) is 15.7. The Labute approximate surface area is 155 Å². The van der Waals surface area contributed by atoms with Crippen LogP contribution in [0.25, 0.3) is 0 Å². The first kappa shape index (κ1) is 20.2. The third-order valence-corrected chi connectivity index (χ3v) is 4.28. The van der Waals surface area contributed by atoms with E-state index >= 15 is 0 Å². The van der Waals surface area contributed by atoms with E-state index in [0.29, 0.717) is 12.2 Å². The van der Waals surface area contributed by atoms with Gasteiger partial charge in [0.05, 0.1) is 0 Å². The van der Waals surface area contributed by atoms with Crippen molar-refractivity contribution in [2.45, 2.75) is 38.5 Å². The molecule has 0 radical (unpaired) electrons. The first-order valence-corrected chi connectivity index (χ1v) is 8.92. The minimum atomic E-state index is -0.828. The van der Waals surface area contributed by atoms with Crippen LogP contribution in [-0.4, -0.2) is 43.3 Å². The highest BCUT2D eigenvalue weighted by Crippen LogP contribution is 2.24. The molecule has 5 heteroatoms. The average Bonchev–Trinajstić information content (AvgIpc) is 2.65. The monoisotopic (exact) mass is 361 g/mol. The molecular formula is C21H28FNO3. The van der Waals surface area contributed by atoms with Crippen molar-refractivity contribution in [3.8, 4) is 11.5 Å². The maximum absolute atomic E-state index is 12.3. The molecule has 0 saturated carbocycles. The van der Waals surface area contributed by atoms with Crippen LogP contribution in [0.15, 0.2) is 48.5 Å². The van der Waals surface area contributed by atoms with Crippen molar-refractivity contribution in [3.05, 3.63) is 59.7 Å². The minimum absolute atomic E-state index is 0.401. The van der Waals surface area contributed by atoms with Gasteiger partial charge >= 0.3 is 0 Å². The summed E-state index contributed by atoms with van der Waals surface area (Å²) in [4.78, 5) is 1.88. The predicted octanol–water partition coefficient (Wildman–Crippen LogP) is 3.82. The highest BCUT2D eigenvalue weighted by molar-refractivity contribution is 5.35. The van der Waals surface area contributed by atoms with E-state index in [1.807, 2.05) is 68.4 Å². The molecule has 2 unspecified atom stereocenters. The molecule has 2 aromatic rings. The van der Waals surface area contributed by atoms with E-state index < -0.39 is 19.2 Å². The molecule has 2 atom stereocenters. The van der Waals surface area contributed by atoms with E-state index in [1.165, 1.54) is 0 Å². The molecule has 0 amide bonds. The number of alkyl halides is 1.